The topological polar surface area (TPSA) is 49.4 Å². The number of nitrogens with one attached hydrogen (secondary N) is 1. The lowest BCUT2D eigenvalue weighted by Crippen LogP contribution is -2.66. The highest BCUT2D eigenvalue weighted by atomic mass is 19.1. The van der Waals surface area contributed by atoms with Crippen LogP contribution < -0.4 is 10.2 Å². The fourth-order valence-electron chi connectivity index (χ4n) is 2.60. The van der Waals surface area contributed by atoms with Gasteiger partial charge in [-0.3, -0.25) is 14.5 Å². The maximum Gasteiger partial charge on any atom is 0.250 e. The molecule has 5 heteroatoms. The number of anilines is 1. The van der Waals surface area contributed by atoms with E-state index in [4.69, 9.17) is 0 Å². The Balaban J connectivity index is 2.47. The van der Waals surface area contributed by atoms with Gasteiger partial charge in [-0.1, -0.05) is 33.8 Å². The van der Waals surface area contributed by atoms with Crippen LogP contribution in [0.4, 0.5) is 10.1 Å². The molecule has 2 amide bonds. The number of benzene rings is 1. The zero-order valence-corrected chi connectivity index (χ0v) is 12.8. The second kappa shape index (κ2) is 5.47. The molecule has 4 nitrogen and oxygen atoms in total. The lowest BCUT2D eigenvalue weighted by molar-refractivity contribution is -0.136. The molecule has 0 radical (unpaired) electrons. The molecule has 1 aromatic carbocycles. The molecule has 1 aromatic rings. The van der Waals surface area contributed by atoms with E-state index in [1.165, 1.54) is 17.0 Å². The van der Waals surface area contributed by atoms with Crippen molar-refractivity contribution in [2.24, 2.45) is 5.41 Å². The molecule has 21 heavy (non-hydrogen) atoms. The molecule has 1 aliphatic heterocycles. The minimum absolute atomic E-state index is 0.193. The quantitative estimate of drug-likeness (QED) is 0.910. The van der Waals surface area contributed by atoms with Crippen LogP contribution in [0, 0.1) is 11.2 Å². The normalized spacial score (nSPS) is 23.2. The van der Waals surface area contributed by atoms with Crippen LogP contribution in [0.3, 0.4) is 0 Å². The standard InChI is InChI=1S/C16H21FN2O2/c1-5-12-14(20)18-13(16(2,3)4)15(21)19(12)11-8-6-7-10(17)9-11/h6-9,12-13H,5H2,1-4H3,(H,18,20). The summed E-state index contributed by atoms with van der Waals surface area (Å²) in [7, 11) is 0. The van der Waals surface area contributed by atoms with E-state index in [0.29, 0.717) is 12.1 Å². The largest absolute Gasteiger partial charge is 0.342 e. The van der Waals surface area contributed by atoms with Gasteiger partial charge in [0.15, 0.2) is 0 Å². The molecule has 1 aliphatic rings. The van der Waals surface area contributed by atoms with Crippen LogP contribution in [0.25, 0.3) is 0 Å². The SMILES string of the molecule is CCC1C(=O)NC(C(C)(C)C)C(=O)N1c1cccc(F)c1. The highest BCUT2D eigenvalue weighted by molar-refractivity contribution is 6.08. The third-order valence-corrected chi connectivity index (χ3v) is 3.72. The molecule has 0 saturated carbocycles. The summed E-state index contributed by atoms with van der Waals surface area (Å²) in [5.74, 6) is -0.811. The number of nitrogens with zero attached hydrogens (tertiary/aromatic N) is 1. The first-order chi connectivity index (χ1) is 9.75. The highest BCUT2D eigenvalue weighted by Gasteiger charge is 2.45. The van der Waals surface area contributed by atoms with Crippen LogP contribution in [-0.4, -0.2) is 23.9 Å². The Morgan fingerprint density at radius 3 is 2.48 bits per heavy atom. The first-order valence-corrected chi connectivity index (χ1v) is 7.14. The fraction of sp³-hybridized carbons (Fsp3) is 0.500. The molecule has 0 bridgehead atoms. The van der Waals surface area contributed by atoms with Gasteiger partial charge in [-0.05, 0) is 30.0 Å². The molecule has 1 saturated heterocycles. The third kappa shape index (κ3) is 2.91. The van der Waals surface area contributed by atoms with Gasteiger partial charge in [0.25, 0.3) is 5.91 Å². The summed E-state index contributed by atoms with van der Waals surface area (Å²) in [5.41, 5.74) is 0.0211. The predicted octanol–water partition coefficient (Wildman–Crippen LogP) is 2.48. The predicted molar refractivity (Wildman–Crippen MR) is 79.4 cm³/mol. The highest BCUT2D eigenvalue weighted by Crippen LogP contribution is 2.29. The Morgan fingerprint density at radius 2 is 1.95 bits per heavy atom. The average Bonchev–Trinajstić information content (AvgIpc) is 2.39. The smallest absolute Gasteiger partial charge is 0.250 e. The van der Waals surface area contributed by atoms with Gasteiger partial charge in [0.05, 0.1) is 0 Å². The van der Waals surface area contributed by atoms with Crippen LogP contribution in [0.1, 0.15) is 34.1 Å². The monoisotopic (exact) mass is 292 g/mol. The van der Waals surface area contributed by atoms with Crippen molar-refractivity contribution in [3.05, 3.63) is 30.1 Å². The van der Waals surface area contributed by atoms with Gasteiger partial charge >= 0.3 is 0 Å². The second-order valence-electron chi connectivity index (χ2n) is 6.42. The number of piperazine rings is 1. The molecule has 2 rings (SSSR count). The number of carbonyl (C=O) groups excluding carboxylic acids is 2. The molecular formula is C16H21FN2O2. The van der Waals surface area contributed by atoms with Crippen molar-refractivity contribution in [1.29, 1.82) is 0 Å². The maximum absolute atomic E-state index is 13.5. The molecule has 0 spiro atoms. The van der Waals surface area contributed by atoms with E-state index in [2.05, 4.69) is 5.32 Å². The molecule has 1 N–H and O–H groups in total. The summed E-state index contributed by atoms with van der Waals surface area (Å²) < 4.78 is 13.5. The Hall–Kier alpha value is -1.91. The molecule has 1 heterocycles. The van der Waals surface area contributed by atoms with Gasteiger partial charge in [0.1, 0.15) is 17.9 Å². The number of carbonyl (C=O) groups is 2. The van der Waals surface area contributed by atoms with Crippen molar-refractivity contribution < 1.29 is 14.0 Å². The Bertz CT molecular complexity index is 566. The fourth-order valence-corrected chi connectivity index (χ4v) is 2.60. The average molecular weight is 292 g/mol. The minimum atomic E-state index is -0.615. The number of halogens is 1. The van der Waals surface area contributed by atoms with E-state index >= 15 is 0 Å². The molecule has 114 valence electrons. The summed E-state index contributed by atoms with van der Waals surface area (Å²) in [6.07, 6.45) is 0.477. The van der Waals surface area contributed by atoms with Crippen LogP contribution in [-0.2, 0) is 9.59 Å². The van der Waals surface area contributed by atoms with Gasteiger partial charge in [0, 0.05) is 5.69 Å². The lowest BCUT2D eigenvalue weighted by atomic mass is 9.83. The van der Waals surface area contributed by atoms with Crippen LogP contribution >= 0.6 is 0 Å². The zero-order valence-electron chi connectivity index (χ0n) is 12.8. The Labute approximate surface area is 124 Å². The number of amides is 2. The lowest BCUT2D eigenvalue weighted by Gasteiger charge is -2.43. The number of hydrogen-bond donors (Lipinski definition) is 1. The molecule has 0 aliphatic carbocycles. The summed E-state index contributed by atoms with van der Waals surface area (Å²) in [5, 5.41) is 2.80. The summed E-state index contributed by atoms with van der Waals surface area (Å²) >= 11 is 0. The molecule has 1 fully saturated rings. The Morgan fingerprint density at radius 1 is 1.29 bits per heavy atom. The Kier molecular flexibility index (Phi) is 4.03. The summed E-state index contributed by atoms with van der Waals surface area (Å²) in [6, 6.07) is 4.60. The molecule has 2 unspecified atom stereocenters. The van der Waals surface area contributed by atoms with Crippen LogP contribution in [0.2, 0.25) is 0 Å². The van der Waals surface area contributed by atoms with Gasteiger partial charge in [-0.15, -0.1) is 0 Å². The van der Waals surface area contributed by atoms with Gasteiger partial charge in [-0.25, -0.2) is 4.39 Å². The van der Waals surface area contributed by atoms with E-state index in [1.54, 1.807) is 12.1 Å². The summed E-state index contributed by atoms with van der Waals surface area (Å²) in [4.78, 5) is 26.5. The minimum Gasteiger partial charge on any atom is -0.342 e. The van der Waals surface area contributed by atoms with Crippen molar-refractivity contribution >= 4 is 17.5 Å². The van der Waals surface area contributed by atoms with E-state index in [0.717, 1.165) is 0 Å². The van der Waals surface area contributed by atoms with Gasteiger partial charge < -0.3 is 5.32 Å². The molecule has 0 aromatic heterocycles. The molecule has 2 atom stereocenters. The van der Waals surface area contributed by atoms with Crippen LogP contribution in [0.5, 0.6) is 0 Å². The van der Waals surface area contributed by atoms with Crippen molar-refractivity contribution in [3.63, 3.8) is 0 Å². The van der Waals surface area contributed by atoms with Crippen molar-refractivity contribution in [2.75, 3.05) is 4.90 Å². The number of rotatable bonds is 2. The molecular weight excluding hydrogens is 271 g/mol. The number of hydrogen-bond acceptors (Lipinski definition) is 2. The first-order valence-electron chi connectivity index (χ1n) is 7.14. The van der Waals surface area contributed by atoms with Crippen LogP contribution in [0.15, 0.2) is 24.3 Å². The second-order valence-corrected chi connectivity index (χ2v) is 6.42. The van der Waals surface area contributed by atoms with E-state index in [9.17, 15) is 14.0 Å². The van der Waals surface area contributed by atoms with Gasteiger partial charge in [-0.2, -0.15) is 0 Å². The van der Waals surface area contributed by atoms with Crippen molar-refractivity contribution in [1.82, 2.24) is 5.32 Å². The first kappa shape index (κ1) is 15.5. The van der Waals surface area contributed by atoms with Gasteiger partial charge in [0.2, 0.25) is 5.91 Å². The zero-order chi connectivity index (χ0) is 15.8. The van der Waals surface area contributed by atoms with E-state index in [1.807, 2.05) is 27.7 Å². The maximum atomic E-state index is 13.5. The van der Waals surface area contributed by atoms with E-state index in [-0.39, 0.29) is 11.8 Å². The third-order valence-electron chi connectivity index (χ3n) is 3.72. The summed E-state index contributed by atoms with van der Waals surface area (Å²) in [6.45, 7) is 7.52. The van der Waals surface area contributed by atoms with E-state index < -0.39 is 23.3 Å². The van der Waals surface area contributed by atoms with Crippen molar-refractivity contribution in [2.45, 2.75) is 46.2 Å². The van der Waals surface area contributed by atoms with Crippen molar-refractivity contribution in [3.8, 4) is 0 Å².